The minimum Gasteiger partial charge on any atom is -0.368 e. The fourth-order valence-corrected chi connectivity index (χ4v) is 3.94. The molecular weight excluding hydrogens is 392 g/mol. The van der Waals surface area contributed by atoms with E-state index in [9.17, 15) is 10.1 Å². The van der Waals surface area contributed by atoms with Crippen molar-refractivity contribution in [3.05, 3.63) is 75.6 Å². The number of nitrogens with zero attached hydrogens (tertiary/aromatic N) is 5. The summed E-state index contributed by atoms with van der Waals surface area (Å²) in [7, 11) is 0. The molecule has 0 unspecified atom stereocenters. The van der Waals surface area contributed by atoms with Crippen LogP contribution in [0.3, 0.4) is 0 Å². The van der Waals surface area contributed by atoms with E-state index >= 15 is 0 Å². The minimum atomic E-state index is -0.396. The zero-order valence-corrected chi connectivity index (χ0v) is 18.0. The predicted molar refractivity (Wildman–Crippen MR) is 123 cm³/mol. The SMILES string of the molecule is Cc1ccccc1Nc1ncnc(N2CCN(c3cccc(C)c3C)CC2)c1[N+](=O)[O-]. The van der Waals surface area contributed by atoms with Crippen LogP contribution in [0.25, 0.3) is 0 Å². The second kappa shape index (κ2) is 8.59. The van der Waals surface area contributed by atoms with Crippen LogP contribution in [0.15, 0.2) is 48.8 Å². The number of hydrogen-bond donors (Lipinski definition) is 1. The van der Waals surface area contributed by atoms with Crippen molar-refractivity contribution in [3.8, 4) is 0 Å². The molecule has 1 aromatic heterocycles. The van der Waals surface area contributed by atoms with Gasteiger partial charge in [-0.15, -0.1) is 0 Å². The average molecular weight is 419 g/mol. The Labute approximate surface area is 181 Å². The molecule has 3 aromatic rings. The van der Waals surface area contributed by atoms with Gasteiger partial charge in [0, 0.05) is 37.6 Å². The first-order chi connectivity index (χ1) is 15.0. The largest absolute Gasteiger partial charge is 0.368 e. The number of aromatic nitrogens is 2. The van der Waals surface area contributed by atoms with E-state index in [4.69, 9.17) is 0 Å². The number of rotatable bonds is 5. The van der Waals surface area contributed by atoms with Crippen LogP contribution in [-0.2, 0) is 0 Å². The summed E-state index contributed by atoms with van der Waals surface area (Å²) in [6, 6.07) is 14.0. The van der Waals surface area contributed by atoms with E-state index in [2.05, 4.69) is 52.2 Å². The van der Waals surface area contributed by atoms with E-state index in [0.29, 0.717) is 18.9 Å². The molecule has 8 heteroatoms. The van der Waals surface area contributed by atoms with Gasteiger partial charge in [0.25, 0.3) is 0 Å². The van der Waals surface area contributed by atoms with Crippen molar-refractivity contribution in [3.63, 3.8) is 0 Å². The Morgan fingerprint density at radius 3 is 2.29 bits per heavy atom. The zero-order valence-electron chi connectivity index (χ0n) is 18.0. The Morgan fingerprint density at radius 1 is 0.903 bits per heavy atom. The van der Waals surface area contributed by atoms with E-state index < -0.39 is 4.92 Å². The molecule has 2 aromatic carbocycles. The van der Waals surface area contributed by atoms with Crippen molar-refractivity contribution in [1.82, 2.24) is 9.97 Å². The minimum absolute atomic E-state index is 0.0917. The molecule has 160 valence electrons. The zero-order chi connectivity index (χ0) is 22.0. The van der Waals surface area contributed by atoms with Crippen molar-refractivity contribution in [2.45, 2.75) is 20.8 Å². The van der Waals surface area contributed by atoms with Gasteiger partial charge in [-0.25, -0.2) is 9.97 Å². The first kappa shape index (κ1) is 20.6. The molecule has 1 N–H and O–H groups in total. The number of nitrogens with one attached hydrogen (secondary N) is 1. The predicted octanol–water partition coefficient (Wildman–Crippen LogP) is 4.38. The highest BCUT2D eigenvalue weighted by Gasteiger charge is 2.30. The second-order valence-corrected chi connectivity index (χ2v) is 7.78. The van der Waals surface area contributed by atoms with Gasteiger partial charge < -0.3 is 15.1 Å². The molecule has 0 bridgehead atoms. The highest BCUT2D eigenvalue weighted by molar-refractivity contribution is 5.75. The molecule has 0 radical (unpaired) electrons. The van der Waals surface area contributed by atoms with Gasteiger partial charge in [-0.1, -0.05) is 30.3 Å². The van der Waals surface area contributed by atoms with Gasteiger partial charge in [0.1, 0.15) is 6.33 Å². The maximum absolute atomic E-state index is 12.0. The lowest BCUT2D eigenvalue weighted by Crippen LogP contribution is -2.47. The summed E-state index contributed by atoms with van der Waals surface area (Å²) in [4.78, 5) is 24.4. The number of hydrogen-bond acceptors (Lipinski definition) is 7. The van der Waals surface area contributed by atoms with Gasteiger partial charge in [0.15, 0.2) is 0 Å². The Kier molecular flexibility index (Phi) is 5.70. The van der Waals surface area contributed by atoms with Gasteiger partial charge in [0.05, 0.1) is 4.92 Å². The van der Waals surface area contributed by atoms with Gasteiger partial charge in [-0.2, -0.15) is 0 Å². The summed E-state index contributed by atoms with van der Waals surface area (Å²) in [5.74, 6) is 0.568. The van der Waals surface area contributed by atoms with Crippen LogP contribution in [0.2, 0.25) is 0 Å². The van der Waals surface area contributed by atoms with Gasteiger partial charge in [0.2, 0.25) is 11.6 Å². The third-order valence-electron chi connectivity index (χ3n) is 5.88. The molecule has 0 spiro atoms. The number of piperazine rings is 1. The molecule has 4 rings (SSSR count). The number of aryl methyl sites for hydroxylation is 2. The van der Waals surface area contributed by atoms with Crippen molar-refractivity contribution >= 4 is 28.7 Å². The van der Waals surface area contributed by atoms with Gasteiger partial charge in [-0.05, 0) is 49.6 Å². The first-order valence-electron chi connectivity index (χ1n) is 10.3. The van der Waals surface area contributed by atoms with Crippen molar-refractivity contribution < 1.29 is 4.92 Å². The number of nitro groups is 1. The van der Waals surface area contributed by atoms with Crippen LogP contribution < -0.4 is 15.1 Å². The molecule has 2 heterocycles. The summed E-state index contributed by atoms with van der Waals surface area (Å²) in [6.45, 7) is 9.03. The second-order valence-electron chi connectivity index (χ2n) is 7.78. The highest BCUT2D eigenvalue weighted by atomic mass is 16.6. The van der Waals surface area contributed by atoms with E-state index in [1.807, 2.05) is 36.1 Å². The Hall–Kier alpha value is -3.68. The Morgan fingerprint density at radius 2 is 1.58 bits per heavy atom. The van der Waals surface area contributed by atoms with Crippen molar-refractivity contribution in [2.75, 3.05) is 41.3 Å². The quantitative estimate of drug-likeness (QED) is 0.486. The topological polar surface area (TPSA) is 87.4 Å². The van der Waals surface area contributed by atoms with Crippen LogP contribution in [0.5, 0.6) is 0 Å². The van der Waals surface area contributed by atoms with E-state index in [-0.39, 0.29) is 11.5 Å². The van der Waals surface area contributed by atoms with E-state index in [0.717, 1.165) is 24.3 Å². The summed E-state index contributed by atoms with van der Waals surface area (Å²) < 4.78 is 0. The van der Waals surface area contributed by atoms with Crippen molar-refractivity contribution in [1.29, 1.82) is 0 Å². The lowest BCUT2D eigenvalue weighted by molar-refractivity contribution is -0.383. The van der Waals surface area contributed by atoms with Gasteiger partial charge >= 0.3 is 5.69 Å². The molecule has 1 aliphatic heterocycles. The number of benzene rings is 2. The monoisotopic (exact) mass is 418 g/mol. The standard InChI is InChI=1S/C23H26N6O2/c1-16-8-6-10-20(18(16)3)27-11-13-28(14-12-27)23-21(29(30)31)22(24-15-25-23)26-19-9-5-4-7-17(19)2/h4-10,15H,11-14H2,1-3H3,(H,24,25,26). The molecule has 8 nitrogen and oxygen atoms in total. The molecule has 0 amide bonds. The van der Waals surface area contributed by atoms with Gasteiger partial charge in [-0.3, -0.25) is 10.1 Å². The normalized spacial score (nSPS) is 13.9. The third-order valence-corrected chi connectivity index (χ3v) is 5.88. The summed E-state index contributed by atoms with van der Waals surface area (Å²) >= 11 is 0. The molecule has 1 saturated heterocycles. The molecular formula is C23H26N6O2. The van der Waals surface area contributed by atoms with E-state index in [1.54, 1.807) is 0 Å². The summed E-state index contributed by atoms with van der Waals surface area (Å²) in [5, 5.41) is 15.1. The van der Waals surface area contributed by atoms with Crippen LogP contribution in [0, 0.1) is 30.9 Å². The molecule has 31 heavy (non-hydrogen) atoms. The molecule has 1 aliphatic rings. The summed E-state index contributed by atoms with van der Waals surface area (Å²) in [5.41, 5.74) is 5.44. The lowest BCUT2D eigenvalue weighted by atomic mass is 10.1. The van der Waals surface area contributed by atoms with Crippen LogP contribution >= 0.6 is 0 Å². The molecule has 0 atom stereocenters. The molecule has 0 aliphatic carbocycles. The fraction of sp³-hybridized carbons (Fsp3) is 0.304. The fourth-order valence-electron chi connectivity index (χ4n) is 3.94. The van der Waals surface area contributed by atoms with E-state index in [1.165, 1.54) is 23.1 Å². The third kappa shape index (κ3) is 4.14. The number of anilines is 4. The Balaban J connectivity index is 1.58. The first-order valence-corrected chi connectivity index (χ1v) is 10.3. The Bertz CT molecular complexity index is 1110. The average Bonchev–Trinajstić information content (AvgIpc) is 2.77. The van der Waals surface area contributed by atoms with Crippen molar-refractivity contribution in [2.24, 2.45) is 0 Å². The van der Waals surface area contributed by atoms with Crippen LogP contribution in [0.4, 0.5) is 28.7 Å². The highest BCUT2D eigenvalue weighted by Crippen LogP contribution is 2.35. The summed E-state index contributed by atoms with van der Waals surface area (Å²) in [6.07, 6.45) is 1.39. The smallest absolute Gasteiger partial charge is 0.353 e. The molecule has 1 fully saturated rings. The van der Waals surface area contributed by atoms with Crippen LogP contribution in [0.1, 0.15) is 16.7 Å². The number of para-hydroxylation sites is 1. The maximum atomic E-state index is 12.0. The molecule has 0 saturated carbocycles. The maximum Gasteiger partial charge on any atom is 0.353 e. The lowest BCUT2D eigenvalue weighted by Gasteiger charge is -2.37. The van der Waals surface area contributed by atoms with Crippen LogP contribution in [-0.4, -0.2) is 41.1 Å².